The van der Waals surface area contributed by atoms with Crippen molar-refractivity contribution in [2.24, 2.45) is 33.7 Å². The van der Waals surface area contributed by atoms with E-state index in [0.717, 1.165) is 63.3 Å². The normalized spacial score (nSPS) is 45.9. The minimum absolute atomic E-state index is 0.134. The number of sulfonamides is 1. The van der Waals surface area contributed by atoms with Crippen LogP contribution in [0, 0.1) is 40.9 Å². The van der Waals surface area contributed by atoms with Crippen molar-refractivity contribution in [3.63, 3.8) is 0 Å². The number of terminal acetylenes is 1. The van der Waals surface area contributed by atoms with Crippen LogP contribution in [-0.4, -0.2) is 31.1 Å². The first-order valence-corrected chi connectivity index (χ1v) is 12.8. The summed E-state index contributed by atoms with van der Waals surface area (Å²) in [5.74, 6) is 4.45. The van der Waals surface area contributed by atoms with Gasteiger partial charge in [0.05, 0.1) is 12.0 Å². The molecule has 6 heteroatoms. The van der Waals surface area contributed by atoms with Gasteiger partial charge in [0, 0.05) is 5.41 Å². The quantitative estimate of drug-likeness (QED) is 0.531. The molecule has 2 N–H and O–H groups in total. The Kier molecular flexibility index (Phi) is 4.76. The first-order valence-electron chi connectivity index (χ1n) is 10.9. The van der Waals surface area contributed by atoms with E-state index in [1.165, 1.54) is 11.1 Å². The highest BCUT2D eigenvalue weighted by atomic mass is 32.2. The maximum absolute atomic E-state index is 11.5. The average Bonchev–Trinajstić information content (AvgIpc) is 2.92. The minimum Gasteiger partial charge on any atom is -0.377 e. The molecule has 160 valence electrons. The summed E-state index contributed by atoms with van der Waals surface area (Å²) in [7, 11) is -3.34. The lowest BCUT2D eigenvalue weighted by atomic mass is 9.46. The van der Waals surface area contributed by atoms with Crippen LogP contribution in [0.15, 0.2) is 16.2 Å². The van der Waals surface area contributed by atoms with Crippen molar-refractivity contribution in [1.29, 1.82) is 0 Å². The number of aliphatic hydroxyl groups is 1. The van der Waals surface area contributed by atoms with E-state index >= 15 is 0 Å². The molecule has 29 heavy (non-hydrogen) atoms. The molecule has 0 radical (unpaired) electrons. The van der Waals surface area contributed by atoms with Gasteiger partial charge in [0.25, 0.3) is 0 Å². The van der Waals surface area contributed by atoms with E-state index in [2.05, 4.69) is 36.6 Å². The monoisotopic (exact) mass is 418 g/mol. The highest BCUT2D eigenvalue weighted by Crippen LogP contribution is 2.67. The molecule has 3 fully saturated rings. The largest absolute Gasteiger partial charge is 0.377 e. The summed E-state index contributed by atoms with van der Waals surface area (Å²) in [6, 6.07) is 0. The highest BCUT2D eigenvalue weighted by molar-refractivity contribution is 7.88. The molecule has 0 bridgehead atoms. The predicted octanol–water partition coefficient (Wildman–Crippen LogP) is 3.61. The predicted molar refractivity (Wildman–Crippen MR) is 116 cm³/mol. The van der Waals surface area contributed by atoms with E-state index in [4.69, 9.17) is 6.42 Å². The Morgan fingerprint density at radius 1 is 1.14 bits per heavy atom. The smallest absolute Gasteiger partial charge is 0.244 e. The standard InChI is InChI=1S/C23H34N2O3S/c1-6-23(26)14-10-19-16-7-8-17-15(2)20(24-25-29(5,27)28)11-12-21(17,3)18(16)9-13-22(19,23)4/h1,16,18-19,25-26H,7-14H2,2-5H3/b24-20+/t16-,18+,19+,21+,22+,23+/m1/s1. The van der Waals surface area contributed by atoms with E-state index in [0.29, 0.717) is 17.8 Å². The lowest BCUT2D eigenvalue weighted by Gasteiger charge is -2.59. The second-order valence-corrected chi connectivity index (χ2v) is 12.1. The Hall–Kier alpha value is -1.32. The Morgan fingerprint density at radius 3 is 2.48 bits per heavy atom. The van der Waals surface area contributed by atoms with Crippen LogP contribution in [0.3, 0.4) is 0 Å². The van der Waals surface area contributed by atoms with Gasteiger partial charge in [-0.2, -0.15) is 5.10 Å². The van der Waals surface area contributed by atoms with E-state index in [9.17, 15) is 13.5 Å². The number of nitrogens with one attached hydrogen (secondary N) is 1. The van der Waals surface area contributed by atoms with Crippen LogP contribution < -0.4 is 4.83 Å². The van der Waals surface area contributed by atoms with Gasteiger partial charge in [-0.15, -0.1) is 6.42 Å². The molecule has 4 aliphatic rings. The van der Waals surface area contributed by atoms with Crippen LogP contribution in [0.25, 0.3) is 0 Å². The molecular formula is C23H34N2O3S. The Morgan fingerprint density at radius 2 is 1.83 bits per heavy atom. The van der Waals surface area contributed by atoms with Crippen LogP contribution >= 0.6 is 0 Å². The van der Waals surface area contributed by atoms with Crippen LogP contribution in [0.4, 0.5) is 0 Å². The SMILES string of the molecule is C#C[C@]1(O)CC[C@H]2[C@@H]3CCC4=C(C)/C(=N/NS(C)(=O)=O)CC[C@]4(C)[C@H]3CC[C@@]21C. The molecular weight excluding hydrogens is 384 g/mol. The number of fused-ring (bicyclic) bond motifs is 5. The summed E-state index contributed by atoms with van der Waals surface area (Å²) in [6.07, 6.45) is 14.7. The fourth-order valence-corrected chi connectivity index (χ4v) is 7.80. The second kappa shape index (κ2) is 6.59. The molecule has 0 aromatic heterocycles. The maximum atomic E-state index is 11.5. The Labute approximate surface area is 175 Å². The van der Waals surface area contributed by atoms with Crippen molar-refractivity contribution in [2.45, 2.75) is 77.7 Å². The summed E-state index contributed by atoms with van der Waals surface area (Å²) in [5, 5.41) is 15.3. The minimum atomic E-state index is -3.34. The average molecular weight is 419 g/mol. The fourth-order valence-electron chi connectivity index (χ4n) is 7.52. The number of hydrogen-bond donors (Lipinski definition) is 2. The lowest BCUT2D eigenvalue weighted by molar-refractivity contribution is -0.0988. The van der Waals surface area contributed by atoms with Crippen molar-refractivity contribution >= 4 is 15.7 Å². The molecule has 0 spiro atoms. The third-order valence-electron chi connectivity index (χ3n) is 9.18. The Balaban J connectivity index is 1.66. The van der Waals surface area contributed by atoms with Crippen molar-refractivity contribution in [1.82, 2.24) is 4.83 Å². The van der Waals surface area contributed by atoms with E-state index in [-0.39, 0.29) is 10.8 Å². The van der Waals surface area contributed by atoms with Gasteiger partial charge in [-0.1, -0.05) is 25.3 Å². The Bertz CT molecular complexity index is 930. The van der Waals surface area contributed by atoms with E-state index in [1.807, 2.05) is 0 Å². The molecule has 3 saturated carbocycles. The van der Waals surface area contributed by atoms with Gasteiger partial charge in [-0.05, 0) is 87.0 Å². The summed E-state index contributed by atoms with van der Waals surface area (Å²) >= 11 is 0. The van der Waals surface area contributed by atoms with Crippen LogP contribution in [0.1, 0.15) is 72.1 Å². The van der Waals surface area contributed by atoms with Gasteiger partial charge in [-0.25, -0.2) is 13.2 Å². The summed E-state index contributed by atoms with van der Waals surface area (Å²) in [5.41, 5.74) is 2.52. The second-order valence-electron chi connectivity index (χ2n) is 10.4. The molecule has 4 rings (SSSR count). The van der Waals surface area contributed by atoms with Gasteiger partial charge in [-0.3, -0.25) is 0 Å². The number of rotatable bonds is 2. The third kappa shape index (κ3) is 2.99. The first-order chi connectivity index (χ1) is 13.5. The molecule has 0 saturated heterocycles. The molecule has 0 unspecified atom stereocenters. The lowest BCUT2D eigenvalue weighted by Crippen LogP contribution is -2.54. The zero-order chi connectivity index (χ0) is 21.2. The van der Waals surface area contributed by atoms with Gasteiger partial charge in [0.15, 0.2) is 0 Å². The van der Waals surface area contributed by atoms with Gasteiger partial charge in [0.1, 0.15) is 5.60 Å². The molecule has 0 heterocycles. The zero-order valence-corrected chi connectivity index (χ0v) is 18.9. The molecule has 0 aromatic carbocycles. The zero-order valence-electron chi connectivity index (χ0n) is 18.1. The molecule has 0 aromatic rings. The number of hydrazone groups is 1. The highest BCUT2D eigenvalue weighted by Gasteiger charge is 2.63. The molecule has 4 aliphatic carbocycles. The van der Waals surface area contributed by atoms with Crippen molar-refractivity contribution < 1.29 is 13.5 Å². The van der Waals surface area contributed by atoms with Gasteiger partial charge in [0.2, 0.25) is 10.0 Å². The number of nitrogens with zero attached hydrogens (tertiary/aromatic N) is 1. The topological polar surface area (TPSA) is 78.8 Å². The molecule has 5 nitrogen and oxygen atoms in total. The fraction of sp³-hybridized carbons (Fsp3) is 0.783. The third-order valence-corrected chi connectivity index (χ3v) is 9.60. The van der Waals surface area contributed by atoms with Crippen LogP contribution in [0.2, 0.25) is 0 Å². The van der Waals surface area contributed by atoms with Crippen LogP contribution in [-0.2, 0) is 10.0 Å². The van der Waals surface area contributed by atoms with Crippen molar-refractivity contribution in [3.05, 3.63) is 11.1 Å². The van der Waals surface area contributed by atoms with E-state index < -0.39 is 15.6 Å². The van der Waals surface area contributed by atoms with Crippen LogP contribution in [0.5, 0.6) is 0 Å². The number of allylic oxidation sites excluding steroid dienone is 2. The first kappa shape index (κ1) is 20.9. The van der Waals surface area contributed by atoms with Gasteiger partial charge < -0.3 is 5.11 Å². The summed E-state index contributed by atoms with van der Waals surface area (Å²) < 4.78 is 22.9. The van der Waals surface area contributed by atoms with Crippen molar-refractivity contribution in [2.75, 3.05) is 6.26 Å². The number of hydrogen-bond acceptors (Lipinski definition) is 4. The molecule has 0 aliphatic heterocycles. The van der Waals surface area contributed by atoms with Crippen molar-refractivity contribution in [3.8, 4) is 12.3 Å². The van der Waals surface area contributed by atoms with Gasteiger partial charge >= 0.3 is 0 Å². The molecule has 6 atom stereocenters. The summed E-state index contributed by atoms with van der Waals surface area (Å²) in [6.45, 7) is 6.74. The summed E-state index contributed by atoms with van der Waals surface area (Å²) in [4.78, 5) is 2.32. The maximum Gasteiger partial charge on any atom is 0.244 e. The van der Waals surface area contributed by atoms with E-state index in [1.54, 1.807) is 0 Å². The molecule has 0 amide bonds.